The molecule has 1 unspecified atom stereocenters. The average Bonchev–Trinajstić information content (AvgIpc) is 2.89. The van der Waals surface area contributed by atoms with Crippen molar-refractivity contribution in [3.63, 3.8) is 0 Å². The Hall–Kier alpha value is -0.770. The molecule has 18 heavy (non-hydrogen) atoms. The first kappa shape index (κ1) is 13.7. The zero-order chi connectivity index (χ0) is 13.0. The third-order valence-corrected chi connectivity index (χ3v) is 3.72. The molecule has 0 bridgehead atoms. The number of hydrogen-bond donors (Lipinski definition) is 1. The van der Waals surface area contributed by atoms with Crippen molar-refractivity contribution in [1.29, 1.82) is 0 Å². The molecule has 100 valence electrons. The summed E-state index contributed by atoms with van der Waals surface area (Å²) in [5, 5.41) is 0.776. The van der Waals surface area contributed by atoms with Crippen LogP contribution in [0.3, 0.4) is 0 Å². The van der Waals surface area contributed by atoms with Crippen molar-refractivity contribution in [3.05, 3.63) is 28.8 Å². The van der Waals surface area contributed by atoms with E-state index in [4.69, 9.17) is 22.1 Å². The molecule has 1 heterocycles. The molecule has 1 fully saturated rings. The summed E-state index contributed by atoms with van der Waals surface area (Å²) in [5.74, 6) is 0. The van der Waals surface area contributed by atoms with Crippen LogP contribution in [-0.2, 0) is 11.3 Å². The Bertz CT molecular complexity index is 391. The molecular weight excluding hydrogens is 248 g/mol. The van der Waals surface area contributed by atoms with E-state index >= 15 is 0 Å². The van der Waals surface area contributed by atoms with Crippen LogP contribution < -0.4 is 10.6 Å². The van der Waals surface area contributed by atoms with Crippen LogP contribution in [0.4, 0.5) is 5.69 Å². The molecule has 1 aliphatic heterocycles. The summed E-state index contributed by atoms with van der Waals surface area (Å²) in [5.41, 5.74) is 7.76. The minimum atomic E-state index is 0.343. The van der Waals surface area contributed by atoms with E-state index in [0.717, 1.165) is 42.4 Å². The second-order valence-electron chi connectivity index (χ2n) is 4.66. The molecule has 0 saturated carbocycles. The van der Waals surface area contributed by atoms with Gasteiger partial charge in [0.25, 0.3) is 0 Å². The highest BCUT2D eigenvalue weighted by Crippen LogP contribution is 2.28. The van der Waals surface area contributed by atoms with Crippen molar-refractivity contribution in [3.8, 4) is 0 Å². The van der Waals surface area contributed by atoms with E-state index < -0.39 is 0 Å². The van der Waals surface area contributed by atoms with E-state index in [-0.39, 0.29) is 0 Å². The number of nitrogens with two attached hydrogens (primary N) is 1. The van der Waals surface area contributed by atoms with Gasteiger partial charge in [0.05, 0.1) is 16.8 Å². The van der Waals surface area contributed by atoms with Gasteiger partial charge < -0.3 is 15.4 Å². The van der Waals surface area contributed by atoms with Gasteiger partial charge in [-0.05, 0) is 37.5 Å². The van der Waals surface area contributed by atoms with E-state index in [9.17, 15) is 0 Å². The van der Waals surface area contributed by atoms with Gasteiger partial charge in [0.2, 0.25) is 0 Å². The zero-order valence-electron chi connectivity index (χ0n) is 10.9. The lowest BCUT2D eigenvalue weighted by atomic mass is 10.1. The van der Waals surface area contributed by atoms with E-state index in [1.165, 1.54) is 6.42 Å². The normalized spacial score (nSPS) is 19.2. The van der Waals surface area contributed by atoms with Gasteiger partial charge in [0, 0.05) is 26.2 Å². The Morgan fingerprint density at radius 1 is 1.50 bits per heavy atom. The number of benzene rings is 1. The van der Waals surface area contributed by atoms with Crippen LogP contribution in [0.25, 0.3) is 0 Å². The monoisotopic (exact) mass is 268 g/mol. The van der Waals surface area contributed by atoms with Crippen molar-refractivity contribution in [2.75, 3.05) is 24.6 Å². The molecule has 1 aliphatic rings. The summed E-state index contributed by atoms with van der Waals surface area (Å²) in [6.07, 6.45) is 2.66. The fourth-order valence-electron chi connectivity index (χ4n) is 2.37. The predicted octanol–water partition coefficient (Wildman–Crippen LogP) is 2.80. The highest BCUT2D eigenvalue weighted by Gasteiger charge is 2.19. The smallest absolute Gasteiger partial charge is 0.0750 e. The summed E-state index contributed by atoms with van der Waals surface area (Å²) < 4.78 is 5.69. The minimum absolute atomic E-state index is 0.343. The van der Waals surface area contributed by atoms with Gasteiger partial charge in [0.1, 0.15) is 0 Å². The fraction of sp³-hybridized carbons (Fsp3) is 0.571. The number of anilines is 1. The number of hydrogen-bond acceptors (Lipinski definition) is 3. The molecular formula is C14H21ClN2O. The van der Waals surface area contributed by atoms with Crippen molar-refractivity contribution in [2.45, 2.75) is 32.4 Å². The molecule has 2 N–H and O–H groups in total. The molecule has 0 aliphatic carbocycles. The molecule has 1 atom stereocenters. The summed E-state index contributed by atoms with van der Waals surface area (Å²) in [4.78, 5) is 2.28. The Kier molecular flexibility index (Phi) is 4.87. The van der Waals surface area contributed by atoms with E-state index in [0.29, 0.717) is 12.6 Å². The first-order chi connectivity index (χ1) is 8.74. The molecule has 0 spiro atoms. The highest BCUT2D eigenvalue weighted by atomic mass is 35.5. The predicted molar refractivity (Wildman–Crippen MR) is 76.2 cm³/mol. The third kappa shape index (κ3) is 3.16. The van der Waals surface area contributed by atoms with Crippen LogP contribution in [0.2, 0.25) is 5.02 Å². The van der Waals surface area contributed by atoms with Gasteiger partial charge >= 0.3 is 0 Å². The molecule has 0 amide bonds. The van der Waals surface area contributed by atoms with E-state index in [1.54, 1.807) is 0 Å². The second kappa shape index (κ2) is 6.41. The van der Waals surface area contributed by atoms with Gasteiger partial charge in [-0.25, -0.2) is 0 Å². The second-order valence-corrected chi connectivity index (χ2v) is 5.07. The van der Waals surface area contributed by atoms with E-state index in [2.05, 4.69) is 17.9 Å². The van der Waals surface area contributed by atoms with Gasteiger partial charge in [-0.2, -0.15) is 0 Å². The first-order valence-corrected chi connectivity index (χ1v) is 6.97. The lowest BCUT2D eigenvalue weighted by Gasteiger charge is -2.27. The maximum Gasteiger partial charge on any atom is 0.0750 e. The number of halogens is 1. The molecule has 4 heteroatoms. The molecule has 1 aromatic rings. The van der Waals surface area contributed by atoms with Crippen LogP contribution in [-0.4, -0.2) is 25.8 Å². The summed E-state index contributed by atoms with van der Waals surface area (Å²) in [7, 11) is 0. The number of ether oxygens (including phenoxy) is 1. The minimum Gasteiger partial charge on any atom is -0.376 e. The van der Waals surface area contributed by atoms with Crippen LogP contribution in [0.15, 0.2) is 18.2 Å². The molecule has 0 aromatic heterocycles. The zero-order valence-corrected chi connectivity index (χ0v) is 11.6. The average molecular weight is 269 g/mol. The van der Waals surface area contributed by atoms with Gasteiger partial charge in [-0.3, -0.25) is 0 Å². The maximum atomic E-state index is 6.33. The third-order valence-electron chi connectivity index (χ3n) is 3.42. The lowest BCUT2D eigenvalue weighted by molar-refractivity contribution is 0.115. The quantitative estimate of drug-likeness (QED) is 0.893. The van der Waals surface area contributed by atoms with E-state index in [1.807, 2.05) is 12.1 Å². The summed E-state index contributed by atoms with van der Waals surface area (Å²) in [6.45, 7) is 5.40. The van der Waals surface area contributed by atoms with Crippen molar-refractivity contribution < 1.29 is 4.74 Å². The number of likely N-dealkylation sites (N-methyl/N-ethyl adjacent to an activating group) is 1. The van der Waals surface area contributed by atoms with Crippen molar-refractivity contribution in [1.82, 2.24) is 0 Å². The first-order valence-electron chi connectivity index (χ1n) is 6.59. The van der Waals surface area contributed by atoms with Crippen LogP contribution >= 0.6 is 11.6 Å². The summed E-state index contributed by atoms with van der Waals surface area (Å²) >= 11 is 6.33. The molecule has 2 rings (SSSR count). The molecule has 0 radical (unpaired) electrons. The van der Waals surface area contributed by atoms with Crippen molar-refractivity contribution in [2.24, 2.45) is 5.73 Å². The molecule has 3 nitrogen and oxygen atoms in total. The summed E-state index contributed by atoms with van der Waals surface area (Å²) in [6, 6.07) is 6.05. The number of nitrogens with zero attached hydrogens (tertiary/aromatic N) is 1. The van der Waals surface area contributed by atoms with Gasteiger partial charge in [-0.1, -0.05) is 17.7 Å². The Labute approximate surface area is 114 Å². The fourth-order valence-corrected chi connectivity index (χ4v) is 2.69. The highest BCUT2D eigenvalue weighted by molar-refractivity contribution is 6.33. The number of rotatable bonds is 5. The topological polar surface area (TPSA) is 38.5 Å². The Morgan fingerprint density at radius 2 is 2.33 bits per heavy atom. The SMILES string of the molecule is CCN(CC1CCCO1)c1ccc(CN)cc1Cl. The lowest BCUT2D eigenvalue weighted by Crippen LogP contribution is -2.32. The van der Waals surface area contributed by atoms with Crippen molar-refractivity contribution >= 4 is 17.3 Å². The maximum absolute atomic E-state index is 6.33. The van der Waals surface area contributed by atoms with Crippen LogP contribution in [0.1, 0.15) is 25.3 Å². The van der Waals surface area contributed by atoms with Crippen LogP contribution in [0, 0.1) is 0 Å². The van der Waals surface area contributed by atoms with Gasteiger partial charge in [-0.15, -0.1) is 0 Å². The van der Waals surface area contributed by atoms with Crippen LogP contribution in [0.5, 0.6) is 0 Å². The molecule has 1 aromatic carbocycles. The molecule has 1 saturated heterocycles. The standard InChI is InChI=1S/C14H21ClN2O/c1-2-17(10-12-4-3-7-18-12)14-6-5-11(9-16)8-13(14)15/h5-6,8,12H,2-4,7,9-10,16H2,1H3. The Morgan fingerprint density at radius 3 is 2.89 bits per heavy atom. The van der Waals surface area contributed by atoms with Gasteiger partial charge in [0.15, 0.2) is 0 Å². The largest absolute Gasteiger partial charge is 0.376 e. The Balaban J connectivity index is 2.10.